The van der Waals surface area contributed by atoms with Gasteiger partial charge in [-0.1, -0.05) is 6.07 Å². The molecule has 1 aliphatic carbocycles. The summed E-state index contributed by atoms with van der Waals surface area (Å²) in [5.41, 5.74) is -0.265. The molecule has 7 heteroatoms. The first-order valence-corrected chi connectivity index (χ1v) is 11.0. The Hall–Kier alpha value is -0.920. The van der Waals surface area contributed by atoms with Gasteiger partial charge in [0.05, 0.1) is 5.75 Å². The molecule has 1 aromatic heterocycles. The lowest BCUT2D eigenvalue weighted by atomic mass is 10.0. The topological polar surface area (TPSA) is 57.7 Å². The van der Waals surface area contributed by atoms with Crippen molar-refractivity contribution in [1.82, 2.24) is 9.80 Å². The van der Waals surface area contributed by atoms with Crippen molar-refractivity contribution in [2.24, 2.45) is 5.41 Å². The van der Waals surface area contributed by atoms with Crippen molar-refractivity contribution >= 4 is 27.1 Å². The van der Waals surface area contributed by atoms with Gasteiger partial charge < -0.3 is 4.90 Å². The first kappa shape index (κ1) is 16.9. The zero-order valence-electron chi connectivity index (χ0n) is 13.5. The monoisotopic (exact) mass is 356 g/mol. The van der Waals surface area contributed by atoms with Crippen molar-refractivity contribution in [2.45, 2.75) is 25.8 Å². The van der Waals surface area contributed by atoms with Gasteiger partial charge >= 0.3 is 0 Å². The van der Waals surface area contributed by atoms with E-state index in [0.717, 1.165) is 45.6 Å². The van der Waals surface area contributed by atoms with Gasteiger partial charge in [0.1, 0.15) is 9.84 Å². The predicted octanol–water partition coefficient (Wildman–Crippen LogP) is 1.61. The fourth-order valence-electron chi connectivity index (χ4n) is 3.32. The minimum absolute atomic E-state index is 0.127. The second-order valence-electron chi connectivity index (χ2n) is 6.98. The number of thiophene rings is 1. The van der Waals surface area contributed by atoms with Gasteiger partial charge in [-0.2, -0.15) is 0 Å². The molecule has 0 atom stereocenters. The molecule has 23 heavy (non-hydrogen) atoms. The van der Waals surface area contributed by atoms with E-state index in [1.807, 2.05) is 4.90 Å². The van der Waals surface area contributed by atoms with Crippen LogP contribution in [0.3, 0.4) is 0 Å². The van der Waals surface area contributed by atoms with Gasteiger partial charge in [0.25, 0.3) is 0 Å². The molecule has 0 radical (unpaired) electrons. The van der Waals surface area contributed by atoms with E-state index >= 15 is 0 Å². The van der Waals surface area contributed by atoms with Crippen LogP contribution >= 0.6 is 11.3 Å². The Morgan fingerprint density at radius 3 is 2.48 bits per heavy atom. The van der Waals surface area contributed by atoms with E-state index < -0.39 is 9.84 Å². The minimum atomic E-state index is -3.01. The van der Waals surface area contributed by atoms with Gasteiger partial charge in [0, 0.05) is 50.3 Å². The molecular weight excluding hydrogens is 332 g/mol. The van der Waals surface area contributed by atoms with E-state index in [4.69, 9.17) is 0 Å². The van der Waals surface area contributed by atoms with Crippen molar-refractivity contribution in [1.29, 1.82) is 0 Å². The first-order chi connectivity index (χ1) is 10.9. The SMILES string of the molecule is CS(=O)(=O)CC1(CC(=O)N2CCN(Cc3cccs3)CC2)CC1. The van der Waals surface area contributed by atoms with Gasteiger partial charge in [-0.3, -0.25) is 9.69 Å². The molecule has 0 N–H and O–H groups in total. The average Bonchev–Trinajstić information content (AvgIpc) is 2.99. The number of piperazine rings is 1. The molecule has 5 nitrogen and oxygen atoms in total. The van der Waals surface area contributed by atoms with Crippen molar-refractivity contribution in [3.63, 3.8) is 0 Å². The number of amides is 1. The Balaban J connectivity index is 1.47. The van der Waals surface area contributed by atoms with Gasteiger partial charge in [0.15, 0.2) is 0 Å². The Morgan fingerprint density at radius 1 is 1.26 bits per heavy atom. The molecule has 1 aromatic rings. The third kappa shape index (κ3) is 4.78. The highest BCUT2D eigenvalue weighted by Gasteiger charge is 2.47. The lowest BCUT2D eigenvalue weighted by molar-refractivity contribution is -0.134. The number of nitrogens with zero attached hydrogens (tertiary/aromatic N) is 2. The van der Waals surface area contributed by atoms with Crippen LogP contribution in [0.15, 0.2) is 17.5 Å². The fourth-order valence-corrected chi connectivity index (χ4v) is 5.57. The molecule has 0 spiro atoms. The summed E-state index contributed by atoms with van der Waals surface area (Å²) in [5.74, 6) is 0.284. The van der Waals surface area contributed by atoms with Crippen LogP contribution in [0.1, 0.15) is 24.1 Å². The lowest BCUT2D eigenvalue weighted by Crippen LogP contribution is -2.48. The van der Waals surface area contributed by atoms with Gasteiger partial charge in [-0.25, -0.2) is 8.42 Å². The summed E-state index contributed by atoms with van der Waals surface area (Å²) in [5, 5.41) is 2.09. The van der Waals surface area contributed by atoms with Gasteiger partial charge in [-0.05, 0) is 29.7 Å². The van der Waals surface area contributed by atoms with Gasteiger partial charge in [-0.15, -0.1) is 11.3 Å². The molecule has 3 rings (SSSR count). The van der Waals surface area contributed by atoms with E-state index in [2.05, 4.69) is 22.4 Å². The highest BCUT2D eigenvalue weighted by atomic mass is 32.2. The van der Waals surface area contributed by atoms with Crippen LogP contribution in [0.2, 0.25) is 0 Å². The van der Waals surface area contributed by atoms with Gasteiger partial charge in [0.2, 0.25) is 5.91 Å². The lowest BCUT2D eigenvalue weighted by Gasteiger charge is -2.35. The molecule has 1 aliphatic heterocycles. The third-order valence-corrected chi connectivity index (χ3v) is 6.73. The molecule has 2 fully saturated rings. The van der Waals surface area contributed by atoms with Crippen LogP contribution in [0, 0.1) is 5.41 Å². The molecule has 0 unspecified atom stereocenters. The predicted molar refractivity (Wildman–Crippen MR) is 92.2 cm³/mol. The molecule has 2 aliphatic rings. The maximum Gasteiger partial charge on any atom is 0.223 e. The molecular formula is C16H24N2O3S2. The summed E-state index contributed by atoms with van der Waals surface area (Å²) in [6.45, 7) is 4.24. The summed E-state index contributed by atoms with van der Waals surface area (Å²) in [6, 6.07) is 4.21. The number of carbonyl (C=O) groups excluding carboxylic acids is 1. The standard InChI is InChI=1S/C16H24N2O3S2/c1-23(20,21)13-16(4-5-16)11-15(19)18-8-6-17(7-9-18)12-14-3-2-10-22-14/h2-3,10H,4-9,11-13H2,1H3. The molecule has 1 amide bonds. The number of carbonyl (C=O) groups is 1. The normalized spacial score (nSPS) is 21.3. The maximum atomic E-state index is 12.5. The summed E-state index contributed by atoms with van der Waals surface area (Å²) >= 11 is 1.77. The summed E-state index contributed by atoms with van der Waals surface area (Å²) in [4.78, 5) is 18.1. The second kappa shape index (κ2) is 6.53. The van der Waals surface area contributed by atoms with Crippen LogP contribution < -0.4 is 0 Å². The molecule has 1 saturated carbocycles. The molecule has 1 saturated heterocycles. The molecule has 128 valence electrons. The van der Waals surface area contributed by atoms with Crippen molar-refractivity contribution in [3.05, 3.63) is 22.4 Å². The number of rotatable bonds is 6. The van der Waals surface area contributed by atoms with Crippen LogP contribution in [-0.4, -0.2) is 62.3 Å². The Morgan fingerprint density at radius 2 is 1.96 bits per heavy atom. The van der Waals surface area contributed by atoms with E-state index in [1.165, 1.54) is 11.1 Å². The summed E-state index contributed by atoms with van der Waals surface area (Å²) < 4.78 is 23.0. The van der Waals surface area contributed by atoms with E-state index in [-0.39, 0.29) is 17.1 Å². The zero-order chi connectivity index (χ0) is 16.5. The molecule has 2 heterocycles. The quantitative estimate of drug-likeness (QED) is 0.777. The van der Waals surface area contributed by atoms with Crippen molar-refractivity contribution < 1.29 is 13.2 Å². The van der Waals surface area contributed by atoms with E-state index in [1.54, 1.807) is 11.3 Å². The number of hydrogen-bond donors (Lipinski definition) is 0. The smallest absolute Gasteiger partial charge is 0.223 e. The fraction of sp³-hybridized carbons (Fsp3) is 0.688. The van der Waals surface area contributed by atoms with Crippen LogP contribution in [0.5, 0.6) is 0 Å². The molecule has 0 bridgehead atoms. The Bertz CT molecular complexity index is 643. The van der Waals surface area contributed by atoms with E-state index in [9.17, 15) is 13.2 Å². The highest BCUT2D eigenvalue weighted by molar-refractivity contribution is 7.90. The maximum absolute atomic E-state index is 12.5. The first-order valence-electron chi connectivity index (χ1n) is 8.06. The second-order valence-corrected chi connectivity index (χ2v) is 10.2. The minimum Gasteiger partial charge on any atom is -0.340 e. The number of hydrogen-bond acceptors (Lipinski definition) is 5. The highest BCUT2D eigenvalue weighted by Crippen LogP contribution is 2.50. The third-order valence-electron chi connectivity index (χ3n) is 4.74. The number of sulfone groups is 1. The van der Waals surface area contributed by atoms with Crippen LogP contribution in [0.25, 0.3) is 0 Å². The Labute approximate surface area is 142 Å². The molecule has 0 aromatic carbocycles. The van der Waals surface area contributed by atoms with E-state index in [0.29, 0.717) is 6.42 Å². The van der Waals surface area contributed by atoms with Crippen molar-refractivity contribution in [2.75, 3.05) is 38.2 Å². The summed E-state index contributed by atoms with van der Waals surface area (Å²) in [6.07, 6.45) is 3.39. The van der Waals surface area contributed by atoms with Crippen LogP contribution in [0.4, 0.5) is 0 Å². The average molecular weight is 357 g/mol. The van der Waals surface area contributed by atoms with Crippen LogP contribution in [-0.2, 0) is 21.2 Å². The van der Waals surface area contributed by atoms with Crippen molar-refractivity contribution in [3.8, 4) is 0 Å². The Kier molecular flexibility index (Phi) is 4.80. The summed E-state index contributed by atoms with van der Waals surface area (Å²) in [7, 11) is -3.01. The largest absolute Gasteiger partial charge is 0.340 e. The zero-order valence-corrected chi connectivity index (χ0v) is 15.2.